The highest BCUT2D eigenvalue weighted by Gasteiger charge is 2.39. The summed E-state index contributed by atoms with van der Waals surface area (Å²) < 4.78 is 16.8. The number of nitrogens with one attached hydrogen (secondary N) is 1. The summed E-state index contributed by atoms with van der Waals surface area (Å²) in [6, 6.07) is 9.59. The van der Waals surface area contributed by atoms with Gasteiger partial charge >= 0.3 is 12.1 Å². The van der Waals surface area contributed by atoms with Gasteiger partial charge in [0.2, 0.25) is 0 Å². The van der Waals surface area contributed by atoms with E-state index in [1.54, 1.807) is 18.9 Å². The first-order valence-corrected chi connectivity index (χ1v) is 12.2. The van der Waals surface area contributed by atoms with Crippen LogP contribution >= 0.6 is 0 Å². The molecular weight excluding hydrogens is 436 g/mol. The number of piperidine rings is 1. The molecule has 1 unspecified atom stereocenters. The van der Waals surface area contributed by atoms with Crippen LogP contribution in [0.3, 0.4) is 0 Å². The molecule has 0 aromatic heterocycles. The molecule has 0 saturated carbocycles. The number of methoxy groups -OCH3 is 1. The summed E-state index contributed by atoms with van der Waals surface area (Å²) in [5, 5.41) is 3.60. The van der Waals surface area contributed by atoms with Crippen molar-refractivity contribution in [3.05, 3.63) is 35.9 Å². The van der Waals surface area contributed by atoms with Crippen molar-refractivity contribution in [3.63, 3.8) is 0 Å². The predicted octanol–water partition coefficient (Wildman–Crippen LogP) is 3.47. The molecule has 3 rings (SSSR count). The fraction of sp³-hybridized carbons (Fsp3) is 0.654. The van der Waals surface area contributed by atoms with E-state index < -0.39 is 23.0 Å². The second-order valence-corrected chi connectivity index (χ2v) is 9.79. The Hall–Kier alpha value is -2.45. The van der Waals surface area contributed by atoms with Gasteiger partial charge in [-0.05, 0) is 58.1 Å². The van der Waals surface area contributed by atoms with Crippen molar-refractivity contribution in [1.29, 1.82) is 0 Å². The molecule has 2 saturated heterocycles. The van der Waals surface area contributed by atoms with Crippen molar-refractivity contribution in [3.8, 4) is 0 Å². The molecule has 1 aromatic rings. The Morgan fingerprint density at radius 2 is 1.85 bits per heavy atom. The molecule has 188 valence electrons. The number of hydrogen-bond acceptors (Lipinski definition) is 7. The predicted molar refractivity (Wildman–Crippen MR) is 127 cm³/mol. The molecule has 0 bridgehead atoms. The van der Waals surface area contributed by atoms with E-state index in [4.69, 9.17) is 14.2 Å². The number of ketones is 1. The van der Waals surface area contributed by atoms with Gasteiger partial charge in [-0.1, -0.05) is 30.3 Å². The highest BCUT2D eigenvalue weighted by atomic mass is 16.6. The maximum absolute atomic E-state index is 12.6. The molecule has 8 heteroatoms. The van der Waals surface area contributed by atoms with Crippen LogP contribution in [0.15, 0.2) is 30.3 Å². The van der Waals surface area contributed by atoms with Gasteiger partial charge in [0, 0.05) is 26.6 Å². The lowest BCUT2D eigenvalue weighted by Gasteiger charge is -2.42. The van der Waals surface area contributed by atoms with E-state index >= 15 is 0 Å². The molecule has 0 aliphatic carbocycles. The van der Waals surface area contributed by atoms with Crippen LogP contribution in [0, 0.1) is 5.92 Å². The van der Waals surface area contributed by atoms with Gasteiger partial charge in [-0.15, -0.1) is 0 Å². The molecule has 2 atom stereocenters. The van der Waals surface area contributed by atoms with Gasteiger partial charge in [-0.3, -0.25) is 9.59 Å². The van der Waals surface area contributed by atoms with Gasteiger partial charge in [0.1, 0.15) is 24.9 Å². The monoisotopic (exact) mass is 474 g/mol. The first-order valence-electron chi connectivity index (χ1n) is 12.2. The second-order valence-electron chi connectivity index (χ2n) is 9.79. The Labute approximate surface area is 202 Å². The zero-order chi connectivity index (χ0) is 24.6. The summed E-state index contributed by atoms with van der Waals surface area (Å²) in [5.41, 5.74) is 0.0973. The number of carbonyl (C=O) groups is 3. The van der Waals surface area contributed by atoms with Crippen LogP contribution in [0.5, 0.6) is 0 Å². The fourth-order valence-electron chi connectivity index (χ4n) is 4.51. The van der Waals surface area contributed by atoms with Crippen LogP contribution in [0.25, 0.3) is 0 Å². The van der Waals surface area contributed by atoms with Gasteiger partial charge in [0.05, 0.1) is 11.1 Å². The molecule has 0 radical (unpaired) electrons. The smallest absolute Gasteiger partial charge is 0.410 e. The second kappa shape index (κ2) is 11.8. The quantitative estimate of drug-likeness (QED) is 0.529. The molecule has 1 amide bonds. The number of benzene rings is 1. The molecule has 8 nitrogen and oxygen atoms in total. The van der Waals surface area contributed by atoms with Crippen LogP contribution in [0.4, 0.5) is 4.79 Å². The molecule has 1 N–H and O–H groups in total. The van der Waals surface area contributed by atoms with E-state index in [-0.39, 0.29) is 25.1 Å². The van der Waals surface area contributed by atoms with E-state index in [0.29, 0.717) is 38.8 Å². The van der Waals surface area contributed by atoms with E-state index in [1.807, 2.05) is 37.3 Å². The number of likely N-dealkylation sites (tertiary alicyclic amines) is 1. The Morgan fingerprint density at radius 3 is 2.53 bits per heavy atom. The normalized spacial score (nSPS) is 26.7. The first kappa shape index (κ1) is 26.2. The molecule has 2 aliphatic heterocycles. The summed E-state index contributed by atoms with van der Waals surface area (Å²) in [6.45, 7) is 5.78. The van der Waals surface area contributed by atoms with Gasteiger partial charge in [0.15, 0.2) is 0 Å². The van der Waals surface area contributed by atoms with E-state index in [2.05, 4.69) is 5.32 Å². The number of rotatable bonds is 3. The summed E-state index contributed by atoms with van der Waals surface area (Å²) in [5.74, 6) is -1.41. The summed E-state index contributed by atoms with van der Waals surface area (Å²) in [7, 11) is 1.67. The van der Waals surface area contributed by atoms with E-state index in [9.17, 15) is 14.4 Å². The molecule has 2 fully saturated rings. The number of nitrogens with zero attached hydrogens (tertiary/aromatic N) is 1. The van der Waals surface area contributed by atoms with Gasteiger partial charge in [0.25, 0.3) is 0 Å². The molecule has 1 aromatic carbocycles. The van der Waals surface area contributed by atoms with E-state index in [1.165, 1.54) is 0 Å². The average molecular weight is 475 g/mol. The summed E-state index contributed by atoms with van der Waals surface area (Å²) in [4.78, 5) is 39.4. The summed E-state index contributed by atoms with van der Waals surface area (Å²) in [6.07, 6.45) is 3.46. The molecule has 2 aliphatic rings. The zero-order valence-corrected chi connectivity index (χ0v) is 20.6. The maximum atomic E-state index is 12.6. The van der Waals surface area contributed by atoms with Crippen LogP contribution in [-0.2, 0) is 30.4 Å². The van der Waals surface area contributed by atoms with Crippen molar-refractivity contribution in [1.82, 2.24) is 10.2 Å². The number of carbonyl (C=O) groups excluding carboxylic acids is 3. The molecule has 34 heavy (non-hydrogen) atoms. The van der Waals surface area contributed by atoms with Crippen LogP contribution in [0.1, 0.15) is 57.9 Å². The third kappa shape index (κ3) is 7.03. The number of cyclic esters (lactones) is 1. The van der Waals surface area contributed by atoms with Gasteiger partial charge in [-0.25, -0.2) is 4.79 Å². The lowest BCUT2D eigenvalue weighted by atomic mass is 9.87. The average Bonchev–Trinajstić information content (AvgIpc) is 2.87. The van der Waals surface area contributed by atoms with E-state index in [0.717, 1.165) is 24.9 Å². The minimum Gasteiger partial charge on any atom is -0.463 e. The Balaban J connectivity index is 1.61. The van der Waals surface area contributed by atoms with Crippen molar-refractivity contribution in [2.75, 3.05) is 33.4 Å². The first-order chi connectivity index (χ1) is 16.3. The number of ether oxygens (including phenoxy) is 3. The Kier molecular flexibility index (Phi) is 9.08. The van der Waals surface area contributed by atoms with Crippen LogP contribution in [0.2, 0.25) is 0 Å². The Bertz CT molecular complexity index is 837. The SMILES string of the molecule is CO[C@]1(C)CCCNC2(CCN(C(=O)OCc3ccccc3)CC2)COC(=O)C(C)C(=O)CC1. The zero-order valence-electron chi connectivity index (χ0n) is 20.6. The minimum atomic E-state index is -0.799. The van der Waals surface area contributed by atoms with Gasteiger partial charge < -0.3 is 24.4 Å². The number of Topliss-reactive ketones (excluding diaryl/α,β-unsaturated/α-hetero) is 1. The standard InChI is InChI=1S/C26H38N2O6/c1-20-22(29)10-12-25(2,32-3)11-7-15-27-26(19-34-23(20)30)13-16-28(17-14-26)24(31)33-18-21-8-5-4-6-9-21/h4-6,8-9,20,27H,7,10-19H2,1-3H3/t20?,25-/m1/s1. The lowest BCUT2D eigenvalue weighted by Crippen LogP contribution is -2.57. The third-order valence-corrected chi connectivity index (χ3v) is 7.29. The van der Waals surface area contributed by atoms with Crippen molar-refractivity contribution < 1.29 is 28.6 Å². The lowest BCUT2D eigenvalue weighted by molar-refractivity contribution is -0.154. The number of hydrogen-bond donors (Lipinski definition) is 1. The largest absolute Gasteiger partial charge is 0.463 e. The highest BCUT2D eigenvalue weighted by molar-refractivity contribution is 5.98. The highest BCUT2D eigenvalue weighted by Crippen LogP contribution is 2.28. The van der Waals surface area contributed by atoms with Crippen molar-refractivity contribution in [2.24, 2.45) is 5.92 Å². The number of esters is 1. The van der Waals surface area contributed by atoms with Crippen molar-refractivity contribution in [2.45, 2.75) is 70.1 Å². The maximum Gasteiger partial charge on any atom is 0.410 e. The van der Waals surface area contributed by atoms with Crippen LogP contribution in [-0.4, -0.2) is 67.2 Å². The topological polar surface area (TPSA) is 94.2 Å². The molecule has 2 heterocycles. The van der Waals surface area contributed by atoms with Gasteiger partial charge in [-0.2, -0.15) is 0 Å². The summed E-state index contributed by atoms with van der Waals surface area (Å²) >= 11 is 0. The van der Waals surface area contributed by atoms with Crippen LogP contribution < -0.4 is 5.32 Å². The third-order valence-electron chi connectivity index (χ3n) is 7.29. The molecular formula is C26H38N2O6. The number of amides is 1. The fourth-order valence-corrected chi connectivity index (χ4v) is 4.51. The molecule has 1 spiro atoms. The Morgan fingerprint density at radius 1 is 1.15 bits per heavy atom. The minimum absolute atomic E-state index is 0.120. The van der Waals surface area contributed by atoms with Crippen molar-refractivity contribution >= 4 is 17.8 Å².